The zero-order chi connectivity index (χ0) is 38.2. The minimum absolute atomic E-state index is 0.553. The Labute approximate surface area is 342 Å². The fraction of sp³-hybridized carbons (Fsp3) is 0.0182. The maximum Gasteiger partial charge on any atom is 0.0741 e. The van der Waals surface area contributed by atoms with Gasteiger partial charge in [-0.1, -0.05) is 146 Å². The summed E-state index contributed by atoms with van der Waals surface area (Å²) < 4.78 is 1.32. The third kappa shape index (κ3) is 4.71. The van der Waals surface area contributed by atoms with E-state index >= 15 is 0 Å². The van der Waals surface area contributed by atoms with Crippen LogP contribution in [0.25, 0.3) is 42.4 Å². The van der Waals surface area contributed by atoms with Crippen LogP contribution in [0.3, 0.4) is 0 Å². The summed E-state index contributed by atoms with van der Waals surface area (Å²) in [6.07, 6.45) is 0. The smallest absolute Gasteiger partial charge is 0.0741 e. The van der Waals surface area contributed by atoms with Gasteiger partial charge in [-0.2, -0.15) is 0 Å². The molecule has 1 unspecified atom stereocenters. The quantitative estimate of drug-likeness (QED) is 0.167. The van der Waals surface area contributed by atoms with Crippen LogP contribution in [0.15, 0.2) is 218 Å². The highest BCUT2D eigenvalue weighted by atomic mass is 32.1. The molecule has 0 N–H and O–H groups in total. The summed E-state index contributed by atoms with van der Waals surface area (Å²) >= 11 is 1.93. The Morgan fingerprint density at radius 2 is 0.862 bits per heavy atom. The van der Waals surface area contributed by atoms with Gasteiger partial charge in [0.05, 0.1) is 11.1 Å². The highest BCUT2D eigenvalue weighted by Gasteiger charge is 2.54. The number of benzene rings is 9. The van der Waals surface area contributed by atoms with E-state index in [2.05, 4.69) is 228 Å². The molecule has 1 heterocycles. The lowest BCUT2D eigenvalue weighted by Gasteiger charge is -2.33. The molecule has 1 atom stereocenters. The normalized spacial score (nSPS) is 14.6. The van der Waals surface area contributed by atoms with Gasteiger partial charge in [-0.25, -0.2) is 0 Å². The van der Waals surface area contributed by atoms with Crippen molar-refractivity contribution in [2.75, 3.05) is 9.80 Å². The average Bonchev–Trinajstić information content (AvgIpc) is 3.91. The van der Waals surface area contributed by atoms with Gasteiger partial charge in [-0.05, 0) is 123 Å². The molecular weight excluding hydrogens is 721 g/mol. The van der Waals surface area contributed by atoms with Crippen molar-refractivity contribution in [3.63, 3.8) is 0 Å². The molecule has 272 valence electrons. The molecule has 12 rings (SSSR count). The number of para-hydroxylation sites is 3. The van der Waals surface area contributed by atoms with E-state index in [-0.39, 0.29) is 0 Å². The fourth-order valence-corrected chi connectivity index (χ4v) is 11.2. The first kappa shape index (κ1) is 33.0. The molecule has 0 saturated carbocycles. The highest BCUT2D eigenvalue weighted by molar-refractivity contribution is 7.22. The Morgan fingerprint density at radius 1 is 0.345 bits per heavy atom. The predicted octanol–water partition coefficient (Wildman–Crippen LogP) is 15.3. The van der Waals surface area contributed by atoms with Gasteiger partial charge in [-0.15, -0.1) is 11.3 Å². The van der Waals surface area contributed by atoms with E-state index in [0.717, 1.165) is 34.1 Å². The zero-order valence-corrected chi connectivity index (χ0v) is 32.4. The molecule has 10 aromatic rings. The molecule has 0 radical (unpaired) electrons. The van der Waals surface area contributed by atoms with Crippen LogP contribution in [-0.2, 0) is 5.41 Å². The lowest BCUT2D eigenvalue weighted by atomic mass is 9.70. The molecule has 9 aromatic carbocycles. The second kappa shape index (κ2) is 12.9. The molecule has 0 saturated heterocycles. The molecular formula is C55H36N2S. The van der Waals surface area contributed by atoms with E-state index in [4.69, 9.17) is 0 Å². The molecule has 2 aliphatic carbocycles. The fourth-order valence-electron chi connectivity index (χ4n) is 9.90. The second-order valence-corrected chi connectivity index (χ2v) is 16.3. The van der Waals surface area contributed by atoms with Crippen molar-refractivity contribution < 1.29 is 0 Å². The van der Waals surface area contributed by atoms with Crippen molar-refractivity contribution >= 4 is 66.3 Å². The van der Waals surface area contributed by atoms with E-state index in [1.54, 1.807) is 0 Å². The minimum atomic E-state index is -0.553. The van der Waals surface area contributed by atoms with Crippen LogP contribution in [0.2, 0.25) is 0 Å². The summed E-state index contributed by atoms with van der Waals surface area (Å²) in [7, 11) is 0. The van der Waals surface area contributed by atoms with Gasteiger partial charge < -0.3 is 9.80 Å². The van der Waals surface area contributed by atoms with E-state index in [1.165, 1.54) is 64.7 Å². The summed E-state index contributed by atoms with van der Waals surface area (Å²) in [6, 6.07) is 80.3. The van der Waals surface area contributed by atoms with Crippen LogP contribution < -0.4 is 9.80 Å². The van der Waals surface area contributed by atoms with Crippen molar-refractivity contribution in [1.82, 2.24) is 0 Å². The first-order valence-electron chi connectivity index (χ1n) is 19.9. The molecule has 58 heavy (non-hydrogen) atoms. The van der Waals surface area contributed by atoms with E-state index < -0.39 is 5.41 Å². The van der Waals surface area contributed by atoms with Crippen molar-refractivity contribution in [1.29, 1.82) is 0 Å². The van der Waals surface area contributed by atoms with E-state index in [0.29, 0.717) is 0 Å². The molecule has 2 aliphatic rings. The SMILES string of the molecule is c1ccc(N(c2ccccc2)c2ccc3c(c2)C2(c4ccccc4-3)c3cc(N(c4ccccc4)c4cccc5ccccc45)ccc3-c3sc4ccccc4c32)cc1. The van der Waals surface area contributed by atoms with Crippen molar-refractivity contribution in [2.24, 2.45) is 0 Å². The number of hydrogen-bond acceptors (Lipinski definition) is 3. The van der Waals surface area contributed by atoms with Crippen molar-refractivity contribution in [3.05, 3.63) is 241 Å². The van der Waals surface area contributed by atoms with Gasteiger partial charge in [0, 0.05) is 43.4 Å². The summed E-state index contributed by atoms with van der Waals surface area (Å²) in [5.41, 5.74) is 15.5. The first-order chi connectivity index (χ1) is 28.8. The van der Waals surface area contributed by atoms with Gasteiger partial charge in [0.25, 0.3) is 0 Å². The molecule has 3 heteroatoms. The van der Waals surface area contributed by atoms with Crippen LogP contribution in [-0.4, -0.2) is 0 Å². The number of hydrogen-bond donors (Lipinski definition) is 0. The van der Waals surface area contributed by atoms with E-state index in [1.807, 2.05) is 11.3 Å². The van der Waals surface area contributed by atoms with E-state index in [9.17, 15) is 0 Å². The molecule has 0 aliphatic heterocycles. The first-order valence-corrected chi connectivity index (χ1v) is 20.8. The molecule has 2 nitrogen and oxygen atoms in total. The maximum absolute atomic E-state index is 2.51. The molecule has 0 bridgehead atoms. The number of fused-ring (bicyclic) bond motifs is 13. The number of anilines is 6. The van der Waals surface area contributed by atoms with Crippen LogP contribution in [0.5, 0.6) is 0 Å². The third-order valence-electron chi connectivity index (χ3n) is 12.2. The number of thiophene rings is 1. The van der Waals surface area contributed by atoms with Crippen LogP contribution >= 0.6 is 11.3 Å². The van der Waals surface area contributed by atoms with Crippen LogP contribution in [0.1, 0.15) is 22.3 Å². The number of rotatable bonds is 6. The topological polar surface area (TPSA) is 6.48 Å². The Hall–Kier alpha value is -7.20. The lowest BCUT2D eigenvalue weighted by Crippen LogP contribution is -2.26. The molecule has 0 amide bonds. The van der Waals surface area contributed by atoms with Gasteiger partial charge in [-0.3, -0.25) is 0 Å². The molecule has 1 spiro atoms. The lowest BCUT2D eigenvalue weighted by molar-refractivity contribution is 0.802. The van der Waals surface area contributed by atoms with Gasteiger partial charge in [0.1, 0.15) is 0 Å². The summed E-state index contributed by atoms with van der Waals surface area (Å²) in [4.78, 5) is 6.20. The monoisotopic (exact) mass is 756 g/mol. The Balaban J connectivity index is 1.17. The van der Waals surface area contributed by atoms with Crippen LogP contribution in [0, 0.1) is 0 Å². The third-order valence-corrected chi connectivity index (χ3v) is 13.4. The minimum Gasteiger partial charge on any atom is -0.310 e. The standard InChI is InChI=1S/C55H36N2S/c1-4-19-38(20-5-1)56(39-21-6-2-7-22-39)41-31-33-45-44-26-12-14-28-48(44)55(49(45)35-41)50-36-42(32-34-46(50)54-53(55)47-27-13-15-30-52(47)58-54)57(40-23-8-3-9-24-40)51-29-16-18-37-17-10-11-25-43(37)51/h1-36H. The summed E-state index contributed by atoms with van der Waals surface area (Å²) in [5.74, 6) is 0. The second-order valence-electron chi connectivity index (χ2n) is 15.2. The Bertz CT molecular complexity index is 3140. The van der Waals surface area contributed by atoms with Crippen molar-refractivity contribution in [3.8, 4) is 21.6 Å². The van der Waals surface area contributed by atoms with Gasteiger partial charge >= 0.3 is 0 Å². The molecule has 1 aromatic heterocycles. The predicted molar refractivity (Wildman–Crippen MR) is 245 cm³/mol. The molecule has 0 fully saturated rings. The van der Waals surface area contributed by atoms with Crippen LogP contribution in [0.4, 0.5) is 34.1 Å². The summed E-state index contributed by atoms with van der Waals surface area (Å²) in [6.45, 7) is 0. The average molecular weight is 757 g/mol. The largest absolute Gasteiger partial charge is 0.310 e. The van der Waals surface area contributed by atoms with Crippen molar-refractivity contribution in [2.45, 2.75) is 5.41 Å². The maximum atomic E-state index is 2.51. The summed E-state index contributed by atoms with van der Waals surface area (Å²) in [5, 5.41) is 3.77. The van der Waals surface area contributed by atoms with Gasteiger partial charge in [0.15, 0.2) is 0 Å². The number of nitrogens with zero attached hydrogens (tertiary/aromatic N) is 2. The Morgan fingerprint density at radius 3 is 1.59 bits per heavy atom. The Kier molecular flexibility index (Phi) is 7.35. The van der Waals surface area contributed by atoms with Gasteiger partial charge in [0.2, 0.25) is 0 Å². The zero-order valence-electron chi connectivity index (χ0n) is 31.6. The highest BCUT2D eigenvalue weighted by Crippen LogP contribution is 2.67.